The Morgan fingerprint density at radius 3 is 2.11 bits per heavy atom. The van der Waals surface area contributed by atoms with Gasteiger partial charge in [-0.25, -0.2) is 0 Å². The van der Waals surface area contributed by atoms with Gasteiger partial charge in [0.15, 0.2) is 0 Å². The van der Waals surface area contributed by atoms with Crippen LogP contribution in [0.4, 0.5) is 0 Å². The maximum atomic E-state index is 8.48. The van der Waals surface area contributed by atoms with Crippen LogP contribution in [0.5, 0.6) is 5.75 Å². The molecule has 0 aromatic carbocycles. The van der Waals surface area contributed by atoms with Crippen molar-refractivity contribution >= 4 is 40.9 Å². The van der Waals surface area contributed by atoms with E-state index < -0.39 is 0 Å². The molecule has 1 aromatic rings. The van der Waals surface area contributed by atoms with Gasteiger partial charge in [-0.15, -0.1) is 11.3 Å². The summed E-state index contributed by atoms with van der Waals surface area (Å²) in [5.41, 5.74) is 0. The van der Waals surface area contributed by atoms with Crippen LogP contribution in [0.1, 0.15) is 13.8 Å². The van der Waals surface area contributed by atoms with Crippen molar-refractivity contribution < 1.29 is 5.11 Å². The van der Waals surface area contributed by atoms with E-state index in [0.29, 0.717) is 5.75 Å². The second-order valence-electron chi connectivity index (χ2n) is 0.982. The summed E-state index contributed by atoms with van der Waals surface area (Å²) in [6.07, 6.45) is 0. The van der Waals surface area contributed by atoms with E-state index in [9.17, 15) is 0 Å². The third-order valence-electron chi connectivity index (χ3n) is 0.506. The van der Waals surface area contributed by atoms with Crippen LogP contribution < -0.4 is 0 Å². The molecule has 1 N–H and O–H groups in total. The Morgan fingerprint density at radius 1 is 1.44 bits per heavy atom. The Morgan fingerprint density at radius 2 is 2.00 bits per heavy atom. The Hall–Kier alpha value is 0.500. The molecule has 1 nitrogen and oxygen atoms in total. The van der Waals surface area contributed by atoms with Crippen molar-refractivity contribution in [1.29, 1.82) is 0 Å². The van der Waals surface area contributed by atoms with Gasteiger partial charge >= 0.3 is 29.6 Å². The summed E-state index contributed by atoms with van der Waals surface area (Å²) >= 11 is 1.49. The Bertz CT molecular complexity index is 117. The number of thiophene rings is 1. The molecule has 3 heteroatoms. The molecule has 0 unspecified atom stereocenters. The quantitative estimate of drug-likeness (QED) is 0.565. The van der Waals surface area contributed by atoms with Gasteiger partial charge in [0.1, 0.15) is 5.75 Å². The number of hydrogen-bond donors (Lipinski definition) is 1. The van der Waals surface area contributed by atoms with E-state index in [1.807, 2.05) is 19.2 Å². The van der Waals surface area contributed by atoms with Crippen LogP contribution in [0.2, 0.25) is 0 Å². The molecule has 1 rings (SSSR count). The van der Waals surface area contributed by atoms with Crippen molar-refractivity contribution in [3.63, 3.8) is 0 Å². The molecule has 0 amide bonds. The normalized spacial score (nSPS) is 6.44. The Balaban J connectivity index is 0. The van der Waals surface area contributed by atoms with Gasteiger partial charge in [-0.2, -0.15) is 0 Å². The molecule has 0 saturated carbocycles. The van der Waals surface area contributed by atoms with Crippen molar-refractivity contribution in [1.82, 2.24) is 0 Å². The molecular formula is C6H11NaOS. The fourth-order valence-corrected chi connectivity index (χ4v) is 0.772. The average molecular weight is 154 g/mol. The van der Waals surface area contributed by atoms with Gasteiger partial charge < -0.3 is 5.11 Å². The summed E-state index contributed by atoms with van der Waals surface area (Å²) in [4.78, 5) is 0. The first-order chi connectivity index (χ1) is 3.89. The summed E-state index contributed by atoms with van der Waals surface area (Å²) in [6.45, 7) is 4.00. The van der Waals surface area contributed by atoms with Crippen molar-refractivity contribution in [2.24, 2.45) is 0 Å². The molecule has 1 aromatic heterocycles. The van der Waals surface area contributed by atoms with E-state index in [1.165, 1.54) is 11.3 Å². The zero-order valence-electron chi connectivity index (χ0n) is 5.09. The molecule has 0 radical (unpaired) electrons. The summed E-state index contributed by atoms with van der Waals surface area (Å²) < 4.78 is 0. The van der Waals surface area contributed by atoms with Crippen molar-refractivity contribution in [3.05, 3.63) is 16.8 Å². The predicted molar refractivity (Wildman–Crippen MR) is 44.5 cm³/mol. The summed E-state index contributed by atoms with van der Waals surface area (Å²) in [5.74, 6) is 0.361. The van der Waals surface area contributed by atoms with Crippen LogP contribution in [0.3, 0.4) is 0 Å². The summed E-state index contributed by atoms with van der Waals surface area (Å²) in [5, 5.41) is 12.0. The average Bonchev–Trinajstić information content (AvgIpc) is 2.24. The molecule has 1 heterocycles. The standard InChI is InChI=1S/C4H4OS.C2H6.Na.H/c5-4-1-2-6-3-4;1-2;;/h1-3,5H;1-2H3;;. The number of rotatable bonds is 0. The van der Waals surface area contributed by atoms with Crippen molar-refractivity contribution in [2.75, 3.05) is 0 Å². The van der Waals surface area contributed by atoms with E-state index in [4.69, 9.17) is 5.11 Å². The molecule has 0 bridgehead atoms. The zero-order valence-corrected chi connectivity index (χ0v) is 5.90. The molecule has 0 atom stereocenters. The van der Waals surface area contributed by atoms with Crippen LogP contribution in [0, 0.1) is 0 Å². The van der Waals surface area contributed by atoms with Crippen molar-refractivity contribution in [3.8, 4) is 5.75 Å². The minimum atomic E-state index is 0. The third-order valence-corrected chi connectivity index (χ3v) is 1.18. The van der Waals surface area contributed by atoms with E-state index in [2.05, 4.69) is 0 Å². The van der Waals surface area contributed by atoms with Gasteiger partial charge in [0, 0.05) is 5.38 Å². The summed E-state index contributed by atoms with van der Waals surface area (Å²) in [6, 6.07) is 1.66. The van der Waals surface area contributed by atoms with E-state index >= 15 is 0 Å². The SMILES string of the molecule is CC.Oc1ccsc1.[NaH]. The van der Waals surface area contributed by atoms with Gasteiger partial charge in [-0.3, -0.25) is 0 Å². The fraction of sp³-hybridized carbons (Fsp3) is 0.333. The maximum absolute atomic E-state index is 8.48. The minimum absolute atomic E-state index is 0. The first-order valence-corrected chi connectivity index (χ1v) is 3.55. The molecule has 9 heavy (non-hydrogen) atoms. The molecular weight excluding hydrogens is 143 g/mol. The summed E-state index contributed by atoms with van der Waals surface area (Å²) in [7, 11) is 0. The predicted octanol–water partition coefficient (Wildman–Crippen LogP) is 1.83. The number of aromatic hydroxyl groups is 1. The van der Waals surface area contributed by atoms with Gasteiger partial charge in [0.05, 0.1) is 0 Å². The molecule has 0 aliphatic rings. The van der Waals surface area contributed by atoms with Gasteiger partial charge in [-0.05, 0) is 11.4 Å². The zero-order chi connectivity index (χ0) is 6.41. The van der Waals surface area contributed by atoms with Gasteiger partial charge in [0.2, 0.25) is 0 Å². The van der Waals surface area contributed by atoms with E-state index in [-0.39, 0.29) is 29.6 Å². The molecule has 0 fully saturated rings. The fourth-order valence-electron chi connectivity index (χ4n) is 0.257. The Kier molecular flexibility index (Phi) is 11.5. The Labute approximate surface area is 82.0 Å². The van der Waals surface area contributed by atoms with Gasteiger partial charge in [-0.1, -0.05) is 13.8 Å². The van der Waals surface area contributed by atoms with E-state index in [0.717, 1.165) is 0 Å². The molecule has 0 aliphatic carbocycles. The van der Waals surface area contributed by atoms with Crippen LogP contribution in [-0.4, -0.2) is 34.7 Å². The molecule has 48 valence electrons. The second kappa shape index (κ2) is 8.50. The second-order valence-corrected chi connectivity index (χ2v) is 1.76. The van der Waals surface area contributed by atoms with Crippen molar-refractivity contribution in [2.45, 2.75) is 13.8 Å². The van der Waals surface area contributed by atoms with Crippen LogP contribution in [0.25, 0.3) is 0 Å². The first kappa shape index (κ1) is 12.2. The van der Waals surface area contributed by atoms with Gasteiger partial charge in [0.25, 0.3) is 0 Å². The first-order valence-electron chi connectivity index (χ1n) is 2.61. The third kappa shape index (κ3) is 6.38. The molecule has 0 spiro atoms. The molecule has 0 saturated heterocycles. The van der Waals surface area contributed by atoms with Crippen LogP contribution in [-0.2, 0) is 0 Å². The number of hydrogen-bond acceptors (Lipinski definition) is 2. The molecule has 0 aliphatic heterocycles. The topological polar surface area (TPSA) is 20.2 Å². The monoisotopic (exact) mass is 154 g/mol. The van der Waals surface area contributed by atoms with Crippen LogP contribution >= 0.6 is 11.3 Å². The van der Waals surface area contributed by atoms with Crippen LogP contribution in [0.15, 0.2) is 16.8 Å². The van der Waals surface area contributed by atoms with E-state index in [1.54, 1.807) is 11.4 Å².